The first-order valence-electron chi connectivity index (χ1n) is 16.7. The summed E-state index contributed by atoms with van der Waals surface area (Å²) in [5.74, 6) is -2.05. The number of anilines is 1. The predicted octanol–water partition coefficient (Wildman–Crippen LogP) is 4.16. The molecule has 4 heterocycles. The van der Waals surface area contributed by atoms with Crippen molar-refractivity contribution in [1.29, 1.82) is 0 Å². The van der Waals surface area contributed by atoms with E-state index in [9.17, 15) is 14.7 Å². The third-order valence-electron chi connectivity index (χ3n) is 10.5. The molecule has 0 aliphatic carbocycles. The Balaban J connectivity index is 1.35. The van der Waals surface area contributed by atoms with E-state index in [0.717, 1.165) is 11.1 Å². The lowest BCUT2D eigenvalue weighted by molar-refractivity contribution is -0.152. The zero-order valence-corrected chi connectivity index (χ0v) is 27.3. The number of hydrogen-bond donors (Lipinski definition) is 1. The first kappa shape index (κ1) is 31.8. The molecule has 0 aromatic heterocycles. The van der Waals surface area contributed by atoms with Crippen molar-refractivity contribution in [2.75, 3.05) is 31.7 Å². The van der Waals surface area contributed by atoms with Crippen LogP contribution in [0.3, 0.4) is 0 Å². The van der Waals surface area contributed by atoms with Crippen molar-refractivity contribution in [3.8, 4) is 5.75 Å². The normalized spacial score (nSPS) is 28.5. The van der Waals surface area contributed by atoms with Crippen LogP contribution >= 0.6 is 0 Å². The number of aliphatic hydroxyl groups is 1. The summed E-state index contributed by atoms with van der Waals surface area (Å²) in [5, 5.41) is 10.9. The summed E-state index contributed by atoms with van der Waals surface area (Å²) in [4.78, 5) is 49.8. The number of likely N-dealkylation sites (tertiary alicyclic amines) is 1. The van der Waals surface area contributed by atoms with Gasteiger partial charge in [-0.1, -0.05) is 91.9 Å². The maximum atomic E-state index is 15.1. The molecule has 3 aromatic carbocycles. The van der Waals surface area contributed by atoms with E-state index in [4.69, 9.17) is 9.47 Å². The Morgan fingerprint density at radius 3 is 2.15 bits per heavy atom. The van der Waals surface area contributed by atoms with Gasteiger partial charge in [-0.3, -0.25) is 14.4 Å². The van der Waals surface area contributed by atoms with Crippen molar-refractivity contribution >= 4 is 23.4 Å². The summed E-state index contributed by atoms with van der Waals surface area (Å²) >= 11 is 0. The number of aliphatic hydroxyl groups excluding tert-OH is 1. The molecule has 1 N–H and O–H groups in total. The number of amides is 3. The molecule has 248 valence electrons. The number of fused-ring (bicyclic) bond motifs is 2. The van der Waals surface area contributed by atoms with Crippen molar-refractivity contribution in [2.45, 2.75) is 49.6 Å². The largest absolute Gasteiger partial charge is 0.497 e. The minimum atomic E-state index is -1.43. The summed E-state index contributed by atoms with van der Waals surface area (Å²) in [6.07, 6.45) is 8.40. The fourth-order valence-corrected chi connectivity index (χ4v) is 8.22. The van der Waals surface area contributed by atoms with Crippen LogP contribution in [-0.4, -0.2) is 82.7 Å². The highest BCUT2D eigenvalue weighted by molar-refractivity contribution is 6.06. The molecule has 0 saturated carbocycles. The van der Waals surface area contributed by atoms with Gasteiger partial charge >= 0.3 is 0 Å². The molecule has 2 fully saturated rings. The first-order valence-corrected chi connectivity index (χ1v) is 16.7. The molecular formula is C39H41N3O6. The predicted molar refractivity (Wildman–Crippen MR) is 181 cm³/mol. The lowest BCUT2D eigenvalue weighted by Crippen LogP contribution is -2.59. The van der Waals surface area contributed by atoms with E-state index < -0.39 is 35.1 Å². The number of ether oxygens (including phenoxy) is 2. The molecule has 2 saturated heterocycles. The molecule has 4 aliphatic rings. The van der Waals surface area contributed by atoms with Gasteiger partial charge in [-0.15, -0.1) is 0 Å². The van der Waals surface area contributed by atoms with E-state index in [2.05, 4.69) is 0 Å². The molecule has 9 nitrogen and oxygen atoms in total. The molecule has 0 bridgehead atoms. The van der Waals surface area contributed by atoms with E-state index in [-0.39, 0.29) is 30.9 Å². The van der Waals surface area contributed by atoms with Crippen molar-refractivity contribution in [1.82, 2.24) is 9.80 Å². The Morgan fingerprint density at radius 2 is 1.50 bits per heavy atom. The van der Waals surface area contributed by atoms with Crippen molar-refractivity contribution in [3.63, 3.8) is 0 Å². The van der Waals surface area contributed by atoms with Crippen LogP contribution in [0.15, 0.2) is 109 Å². The van der Waals surface area contributed by atoms with Crippen LogP contribution in [0.4, 0.5) is 5.69 Å². The average molecular weight is 648 g/mol. The van der Waals surface area contributed by atoms with Crippen LogP contribution in [0.2, 0.25) is 0 Å². The molecule has 3 aromatic rings. The Hall–Kier alpha value is -4.73. The fraction of sp³-hybridized carbons (Fsp3) is 0.359. The Labute approximate surface area is 281 Å². The van der Waals surface area contributed by atoms with Crippen LogP contribution in [0.1, 0.15) is 24.5 Å². The van der Waals surface area contributed by atoms with Crippen LogP contribution in [0.25, 0.3) is 0 Å². The van der Waals surface area contributed by atoms with Gasteiger partial charge in [-0.25, -0.2) is 0 Å². The number of benzene rings is 3. The molecule has 48 heavy (non-hydrogen) atoms. The Kier molecular flexibility index (Phi) is 8.43. The van der Waals surface area contributed by atoms with Crippen LogP contribution in [-0.2, 0) is 32.1 Å². The van der Waals surface area contributed by atoms with E-state index in [1.807, 2.05) is 104 Å². The van der Waals surface area contributed by atoms with Gasteiger partial charge in [0.2, 0.25) is 11.8 Å². The highest BCUT2D eigenvalue weighted by Crippen LogP contribution is 2.59. The van der Waals surface area contributed by atoms with Crippen LogP contribution in [0, 0.1) is 11.8 Å². The van der Waals surface area contributed by atoms with Gasteiger partial charge in [0.1, 0.15) is 17.4 Å². The highest BCUT2D eigenvalue weighted by Gasteiger charge is 2.76. The van der Waals surface area contributed by atoms with E-state index in [0.29, 0.717) is 37.4 Å². The third-order valence-corrected chi connectivity index (χ3v) is 10.5. The summed E-state index contributed by atoms with van der Waals surface area (Å²) < 4.78 is 12.5. The Morgan fingerprint density at radius 1 is 0.833 bits per heavy atom. The average Bonchev–Trinajstić information content (AvgIpc) is 3.42. The minimum absolute atomic E-state index is 0.178. The standard InChI is InChI=1S/C39H41N3O6/c1-3-38-20-10-22-40(25-28-14-8-5-9-15-28)35(44)32(38)33-36(45)42(30(26-43)24-27-12-6-4-7-13-27)34-37(46)41(23-11-21-39(33,34)48-38)29-16-18-31(47-2)19-17-29/h4-21,30,32-34,43H,3,22-26H2,1-2H3/t30-,32+,33+,34?,38-,39+/m1/s1. The number of nitrogens with zero attached hydrogens (tertiary/aromatic N) is 3. The summed E-state index contributed by atoms with van der Waals surface area (Å²) in [6.45, 7) is 2.61. The molecule has 7 rings (SSSR count). The van der Waals surface area contributed by atoms with Crippen molar-refractivity contribution in [2.24, 2.45) is 11.8 Å². The third kappa shape index (κ3) is 5.13. The second-order valence-electron chi connectivity index (χ2n) is 13.0. The zero-order chi connectivity index (χ0) is 33.5. The van der Waals surface area contributed by atoms with Crippen LogP contribution in [0.5, 0.6) is 5.75 Å². The molecule has 9 heteroatoms. The molecule has 1 spiro atoms. The monoisotopic (exact) mass is 647 g/mol. The SMILES string of the molecule is CC[C@@]12C=CCN(Cc3ccccc3)C(=O)[C@@H]1[C@H]1C(=O)N([C@@H](CO)Cc3ccccc3)C3C(=O)N(c4ccc(OC)cc4)CC=C[C@@]31O2. The lowest BCUT2D eigenvalue weighted by Gasteiger charge is -2.41. The van der Waals surface area contributed by atoms with E-state index >= 15 is 4.79 Å². The van der Waals surface area contributed by atoms with Gasteiger partial charge in [0.05, 0.1) is 37.2 Å². The molecule has 1 unspecified atom stereocenters. The van der Waals surface area contributed by atoms with Crippen molar-refractivity contribution < 1.29 is 29.0 Å². The topological polar surface area (TPSA) is 99.6 Å². The number of hydrogen-bond acceptors (Lipinski definition) is 6. The number of carbonyl (C=O) groups is 3. The second-order valence-corrected chi connectivity index (χ2v) is 13.0. The lowest BCUT2D eigenvalue weighted by atomic mass is 9.73. The van der Waals surface area contributed by atoms with Gasteiger partial charge in [-0.2, -0.15) is 0 Å². The number of methoxy groups -OCH3 is 1. The maximum Gasteiger partial charge on any atom is 0.253 e. The van der Waals surface area contributed by atoms with E-state index in [1.54, 1.807) is 29.0 Å². The Bertz CT molecular complexity index is 1730. The molecular weight excluding hydrogens is 606 g/mol. The summed E-state index contributed by atoms with van der Waals surface area (Å²) in [7, 11) is 1.59. The first-order chi connectivity index (χ1) is 23.4. The van der Waals surface area contributed by atoms with Gasteiger partial charge in [0, 0.05) is 25.3 Å². The minimum Gasteiger partial charge on any atom is -0.497 e. The van der Waals surface area contributed by atoms with Gasteiger partial charge in [0.15, 0.2) is 0 Å². The summed E-state index contributed by atoms with van der Waals surface area (Å²) in [5.41, 5.74) is 0.0174. The number of carbonyl (C=O) groups excluding carboxylic acids is 3. The smallest absolute Gasteiger partial charge is 0.253 e. The van der Waals surface area contributed by atoms with Gasteiger partial charge < -0.3 is 29.3 Å². The number of rotatable bonds is 9. The van der Waals surface area contributed by atoms with Gasteiger partial charge in [0.25, 0.3) is 5.91 Å². The molecule has 0 radical (unpaired) electrons. The van der Waals surface area contributed by atoms with E-state index in [1.165, 1.54) is 4.90 Å². The highest BCUT2D eigenvalue weighted by atomic mass is 16.5. The maximum absolute atomic E-state index is 15.1. The summed E-state index contributed by atoms with van der Waals surface area (Å²) in [6, 6.07) is 24.8. The zero-order valence-electron chi connectivity index (χ0n) is 27.3. The fourth-order valence-electron chi connectivity index (χ4n) is 8.22. The second kappa shape index (κ2) is 12.7. The quantitative estimate of drug-likeness (QED) is 0.351. The van der Waals surface area contributed by atoms with Crippen LogP contribution < -0.4 is 9.64 Å². The molecule has 4 aliphatic heterocycles. The van der Waals surface area contributed by atoms with Gasteiger partial charge in [-0.05, 0) is 48.2 Å². The van der Waals surface area contributed by atoms with Crippen molar-refractivity contribution in [3.05, 3.63) is 120 Å². The molecule has 6 atom stereocenters. The molecule has 3 amide bonds.